The minimum atomic E-state index is 0.600. The van der Waals surface area contributed by atoms with Crippen LogP contribution in [0.25, 0.3) is 105 Å². The second-order valence-electron chi connectivity index (χ2n) is 13.2. The fraction of sp³-hybridized carbons (Fsp3) is 0. The highest BCUT2D eigenvalue weighted by Gasteiger charge is 2.20. The van der Waals surface area contributed by atoms with Crippen LogP contribution in [0, 0.1) is 0 Å². The first-order valence-electron chi connectivity index (χ1n) is 17.5. The average Bonchev–Trinajstić information content (AvgIpc) is 3.76. The van der Waals surface area contributed by atoms with Crippen LogP contribution in [0.2, 0.25) is 0 Å². The third-order valence-corrected chi connectivity index (χ3v) is 10.2. The molecule has 0 spiro atoms. The molecule has 0 fully saturated rings. The molecule has 0 bridgehead atoms. The Bertz CT molecular complexity index is 3190. The summed E-state index contributed by atoms with van der Waals surface area (Å²) >= 11 is 0. The summed E-state index contributed by atoms with van der Waals surface area (Å²) in [6, 6.07) is 59.1. The van der Waals surface area contributed by atoms with E-state index in [4.69, 9.17) is 19.4 Å². The van der Waals surface area contributed by atoms with E-state index in [0.29, 0.717) is 17.5 Å². The molecule has 0 saturated carbocycles. The van der Waals surface area contributed by atoms with E-state index in [-0.39, 0.29) is 0 Å². The van der Waals surface area contributed by atoms with E-state index < -0.39 is 0 Å². The first kappa shape index (κ1) is 28.7. The molecule has 0 unspecified atom stereocenters. The highest BCUT2D eigenvalue weighted by atomic mass is 16.3. The summed E-state index contributed by atoms with van der Waals surface area (Å²) in [7, 11) is 0. The molecule has 0 amide bonds. The van der Waals surface area contributed by atoms with E-state index >= 15 is 0 Å². The molecule has 0 aliphatic rings. The number of hydrogen-bond acceptors (Lipinski definition) is 4. The molecule has 0 radical (unpaired) electrons. The van der Waals surface area contributed by atoms with Gasteiger partial charge in [-0.05, 0) is 51.9 Å². The Morgan fingerprint density at radius 2 is 1.04 bits per heavy atom. The molecule has 3 aromatic heterocycles. The zero-order valence-corrected chi connectivity index (χ0v) is 27.9. The Balaban J connectivity index is 1.13. The van der Waals surface area contributed by atoms with Gasteiger partial charge in [0.25, 0.3) is 0 Å². The molecule has 5 nitrogen and oxygen atoms in total. The third-order valence-electron chi connectivity index (χ3n) is 10.2. The lowest BCUT2D eigenvalue weighted by atomic mass is 10.0. The minimum absolute atomic E-state index is 0.600. The second kappa shape index (κ2) is 11.2. The van der Waals surface area contributed by atoms with Gasteiger partial charge in [0.1, 0.15) is 11.2 Å². The molecule has 0 aliphatic carbocycles. The van der Waals surface area contributed by atoms with Gasteiger partial charge in [-0.1, -0.05) is 133 Å². The number of fused-ring (bicyclic) bond motifs is 9. The molecule has 242 valence electrons. The van der Waals surface area contributed by atoms with Crippen LogP contribution in [0.3, 0.4) is 0 Å². The van der Waals surface area contributed by atoms with Gasteiger partial charge < -0.3 is 8.98 Å². The van der Waals surface area contributed by atoms with Crippen molar-refractivity contribution in [1.82, 2.24) is 19.5 Å². The Labute approximate surface area is 298 Å². The quantitative estimate of drug-likeness (QED) is 0.188. The van der Waals surface area contributed by atoms with Crippen molar-refractivity contribution in [2.24, 2.45) is 0 Å². The number of hydrogen-bond donors (Lipinski definition) is 0. The molecule has 11 rings (SSSR count). The smallest absolute Gasteiger partial charge is 0.164 e. The van der Waals surface area contributed by atoms with Gasteiger partial charge in [-0.3, -0.25) is 0 Å². The van der Waals surface area contributed by atoms with Crippen LogP contribution in [0.15, 0.2) is 174 Å². The topological polar surface area (TPSA) is 56.7 Å². The van der Waals surface area contributed by atoms with Gasteiger partial charge in [0.2, 0.25) is 0 Å². The van der Waals surface area contributed by atoms with Crippen LogP contribution in [0.5, 0.6) is 0 Å². The van der Waals surface area contributed by atoms with Crippen molar-refractivity contribution in [3.05, 3.63) is 170 Å². The lowest BCUT2D eigenvalue weighted by molar-refractivity contribution is 0.668. The van der Waals surface area contributed by atoms with Gasteiger partial charge in [0, 0.05) is 50.0 Å². The summed E-state index contributed by atoms with van der Waals surface area (Å²) in [5.41, 5.74) is 7.74. The van der Waals surface area contributed by atoms with Crippen molar-refractivity contribution in [3.8, 4) is 39.9 Å². The Hall–Kier alpha value is -7.11. The lowest BCUT2D eigenvalue weighted by Gasteiger charge is -2.11. The third kappa shape index (κ3) is 4.33. The van der Waals surface area contributed by atoms with Crippen molar-refractivity contribution < 1.29 is 4.42 Å². The molecule has 11 aromatic rings. The Morgan fingerprint density at radius 1 is 0.385 bits per heavy atom. The van der Waals surface area contributed by atoms with Crippen LogP contribution in [-0.2, 0) is 0 Å². The summed E-state index contributed by atoms with van der Waals surface area (Å²) in [5.74, 6) is 1.86. The summed E-state index contributed by atoms with van der Waals surface area (Å²) in [6.45, 7) is 0. The summed E-state index contributed by atoms with van der Waals surface area (Å²) in [5, 5.41) is 9.19. The van der Waals surface area contributed by atoms with Crippen molar-refractivity contribution in [2.75, 3.05) is 0 Å². The highest BCUT2D eigenvalue weighted by Crippen LogP contribution is 2.41. The molecule has 3 heterocycles. The van der Waals surface area contributed by atoms with E-state index in [1.54, 1.807) is 0 Å². The molecule has 0 atom stereocenters. The van der Waals surface area contributed by atoms with Crippen LogP contribution < -0.4 is 0 Å². The number of furan rings is 1. The largest absolute Gasteiger partial charge is 0.456 e. The summed E-state index contributed by atoms with van der Waals surface area (Å²) < 4.78 is 9.00. The molecule has 0 N–H and O–H groups in total. The van der Waals surface area contributed by atoms with Crippen LogP contribution in [0.1, 0.15) is 0 Å². The maximum Gasteiger partial charge on any atom is 0.164 e. The monoisotopic (exact) mass is 664 g/mol. The molecule has 8 aromatic carbocycles. The fourth-order valence-corrected chi connectivity index (χ4v) is 7.91. The standard InChI is InChI=1S/C47H28N4O/c1-2-14-31(15-3-1)45-48-46(35-20-10-16-29-12-4-6-17-33(29)35)50-47(49-45)38-21-11-23-41-44(38)37-26-25-32(28-42(37)52-41)51-39-22-9-8-19-36(39)43-34-18-7-5-13-30(34)24-27-40(43)51/h1-28H. The van der Waals surface area contributed by atoms with Gasteiger partial charge in [-0.2, -0.15) is 0 Å². The lowest BCUT2D eigenvalue weighted by Crippen LogP contribution is -2.00. The number of aromatic nitrogens is 4. The zero-order chi connectivity index (χ0) is 34.2. The van der Waals surface area contributed by atoms with Gasteiger partial charge in [-0.25, -0.2) is 15.0 Å². The van der Waals surface area contributed by atoms with E-state index in [1.807, 2.05) is 42.5 Å². The van der Waals surface area contributed by atoms with Crippen LogP contribution >= 0.6 is 0 Å². The molecule has 0 aliphatic heterocycles. The predicted molar refractivity (Wildman–Crippen MR) is 213 cm³/mol. The van der Waals surface area contributed by atoms with E-state index in [1.165, 1.54) is 21.5 Å². The SMILES string of the molecule is c1ccc(-c2nc(-c3cccc4ccccc34)nc(-c3cccc4oc5cc(-n6c7ccccc7c7c8ccccc8ccc76)ccc5c34)n2)cc1. The molecule has 0 saturated heterocycles. The second-order valence-corrected chi connectivity index (χ2v) is 13.2. The number of nitrogens with zero attached hydrogens (tertiary/aromatic N) is 4. The van der Waals surface area contributed by atoms with Crippen molar-refractivity contribution in [2.45, 2.75) is 0 Å². The normalized spacial score (nSPS) is 11.8. The molecular weight excluding hydrogens is 637 g/mol. The van der Waals surface area contributed by atoms with Crippen LogP contribution in [-0.4, -0.2) is 19.5 Å². The first-order chi connectivity index (χ1) is 25.8. The molecular formula is C47H28N4O. The molecule has 52 heavy (non-hydrogen) atoms. The minimum Gasteiger partial charge on any atom is -0.456 e. The predicted octanol–water partition coefficient (Wildman–Crippen LogP) is 12.2. The van der Waals surface area contributed by atoms with Crippen LogP contribution in [0.4, 0.5) is 0 Å². The van der Waals surface area contributed by atoms with Gasteiger partial charge in [-0.15, -0.1) is 0 Å². The Morgan fingerprint density at radius 3 is 1.90 bits per heavy atom. The number of para-hydroxylation sites is 1. The summed E-state index contributed by atoms with van der Waals surface area (Å²) in [4.78, 5) is 15.3. The number of benzene rings is 8. The van der Waals surface area contributed by atoms with Crippen molar-refractivity contribution in [3.63, 3.8) is 0 Å². The highest BCUT2D eigenvalue weighted by molar-refractivity contribution is 6.21. The van der Waals surface area contributed by atoms with Gasteiger partial charge >= 0.3 is 0 Å². The fourth-order valence-electron chi connectivity index (χ4n) is 7.91. The van der Waals surface area contributed by atoms with E-state index in [9.17, 15) is 0 Å². The van der Waals surface area contributed by atoms with Crippen molar-refractivity contribution in [1.29, 1.82) is 0 Å². The maximum atomic E-state index is 6.65. The number of rotatable bonds is 4. The first-order valence-corrected chi connectivity index (χ1v) is 17.5. The summed E-state index contributed by atoms with van der Waals surface area (Å²) in [6.07, 6.45) is 0. The van der Waals surface area contributed by atoms with Crippen molar-refractivity contribution >= 4 is 65.3 Å². The van der Waals surface area contributed by atoms with E-state index in [0.717, 1.165) is 66.1 Å². The zero-order valence-electron chi connectivity index (χ0n) is 27.9. The maximum absolute atomic E-state index is 6.65. The average molecular weight is 665 g/mol. The Kier molecular flexibility index (Phi) is 6.18. The van der Waals surface area contributed by atoms with E-state index in [2.05, 4.69) is 132 Å². The van der Waals surface area contributed by atoms with Gasteiger partial charge in [0.05, 0.1) is 11.0 Å². The molecule has 5 heteroatoms. The van der Waals surface area contributed by atoms with Gasteiger partial charge in [0.15, 0.2) is 17.5 Å².